The number of nitriles is 1. The van der Waals surface area contributed by atoms with Gasteiger partial charge in [-0.25, -0.2) is 4.79 Å². The fraction of sp³-hybridized carbons (Fsp3) is 0.273. The minimum Gasteiger partial charge on any atom is -0.493 e. The topological polar surface area (TPSA) is 68.6 Å². The summed E-state index contributed by atoms with van der Waals surface area (Å²) in [6.07, 6.45) is 3.14. The second kappa shape index (κ2) is 10.7. The van der Waals surface area contributed by atoms with Gasteiger partial charge in [0.2, 0.25) is 0 Å². The summed E-state index contributed by atoms with van der Waals surface area (Å²) in [5.41, 5.74) is 1.50. The van der Waals surface area contributed by atoms with Gasteiger partial charge in [0.15, 0.2) is 11.5 Å². The van der Waals surface area contributed by atoms with Crippen LogP contribution in [0.2, 0.25) is 0 Å². The van der Waals surface area contributed by atoms with Crippen LogP contribution in [0.5, 0.6) is 11.5 Å². The first-order valence-electron chi connectivity index (χ1n) is 8.82. The Hall–Kier alpha value is -3.26. The van der Waals surface area contributed by atoms with E-state index in [-0.39, 0.29) is 5.57 Å². The van der Waals surface area contributed by atoms with Crippen LogP contribution in [0, 0.1) is 11.3 Å². The molecule has 27 heavy (non-hydrogen) atoms. The molecule has 0 saturated carbocycles. The Balaban J connectivity index is 2.26. The number of unbranched alkanes of at least 4 members (excludes halogenated alkanes) is 1. The maximum absolute atomic E-state index is 12.1. The molecule has 2 rings (SSSR count). The third kappa shape index (κ3) is 5.89. The number of nitrogens with zero attached hydrogens (tertiary/aromatic N) is 1. The van der Waals surface area contributed by atoms with Gasteiger partial charge in [0.05, 0.1) is 13.7 Å². The monoisotopic (exact) mass is 365 g/mol. The lowest BCUT2D eigenvalue weighted by atomic mass is 10.1. The number of hydrogen-bond acceptors (Lipinski definition) is 5. The van der Waals surface area contributed by atoms with Crippen LogP contribution in [-0.2, 0) is 16.1 Å². The van der Waals surface area contributed by atoms with Gasteiger partial charge in [-0.3, -0.25) is 0 Å². The number of carbonyl (C=O) groups is 1. The van der Waals surface area contributed by atoms with Gasteiger partial charge in [0.1, 0.15) is 18.2 Å². The molecule has 0 amide bonds. The van der Waals surface area contributed by atoms with E-state index in [2.05, 4.69) is 0 Å². The van der Waals surface area contributed by atoms with Crippen LogP contribution < -0.4 is 9.47 Å². The lowest BCUT2D eigenvalue weighted by Crippen LogP contribution is -2.08. The van der Waals surface area contributed by atoms with Gasteiger partial charge in [0, 0.05) is 5.56 Å². The lowest BCUT2D eigenvalue weighted by molar-refractivity contribution is -0.138. The predicted molar refractivity (Wildman–Crippen MR) is 103 cm³/mol. The van der Waals surface area contributed by atoms with Gasteiger partial charge in [-0.15, -0.1) is 0 Å². The number of para-hydroxylation sites is 1. The largest absolute Gasteiger partial charge is 0.493 e. The minimum absolute atomic E-state index is 0.0797. The molecule has 0 aliphatic rings. The summed E-state index contributed by atoms with van der Waals surface area (Å²) in [5, 5.41) is 9.35. The molecule has 5 heteroatoms. The number of rotatable bonds is 9. The molecule has 0 unspecified atom stereocenters. The Kier molecular flexibility index (Phi) is 7.92. The highest BCUT2D eigenvalue weighted by atomic mass is 16.5. The third-order valence-electron chi connectivity index (χ3n) is 3.83. The molecule has 0 aliphatic carbocycles. The number of esters is 1. The van der Waals surface area contributed by atoms with E-state index in [1.54, 1.807) is 25.3 Å². The Labute approximate surface area is 159 Å². The Morgan fingerprint density at radius 1 is 1.15 bits per heavy atom. The van der Waals surface area contributed by atoms with Crippen LogP contribution in [0.15, 0.2) is 54.1 Å². The second-order valence-electron chi connectivity index (χ2n) is 5.81. The molecule has 0 fully saturated rings. The maximum Gasteiger partial charge on any atom is 0.348 e. The first-order valence-corrected chi connectivity index (χ1v) is 8.82. The van der Waals surface area contributed by atoms with Crippen molar-refractivity contribution in [2.45, 2.75) is 26.4 Å². The average molecular weight is 365 g/mol. The Bertz CT molecular complexity index is 822. The summed E-state index contributed by atoms with van der Waals surface area (Å²) in [6.45, 7) is 2.64. The zero-order chi connectivity index (χ0) is 19.5. The van der Waals surface area contributed by atoms with Crippen molar-refractivity contribution in [3.8, 4) is 17.6 Å². The van der Waals surface area contributed by atoms with Crippen LogP contribution in [0.4, 0.5) is 0 Å². The molecule has 5 nitrogen and oxygen atoms in total. The van der Waals surface area contributed by atoms with Crippen molar-refractivity contribution in [3.05, 3.63) is 65.2 Å². The van der Waals surface area contributed by atoms with E-state index in [1.807, 2.05) is 43.3 Å². The van der Waals surface area contributed by atoms with E-state index in [4.69, 9.17) is 14.2 Å². The molecule has 140 valence electrons. The first kappa shape index (κ1) is 20.1. The van der Waals surface area contributed by atoms with Crippen molar-refractivity contribution >= 4 is 12.0 Å². The molecule has 0 aromatic heterocycles. The van der Waals surface area contributed by atoms with Crippen molar-refractivity contribution < 1.29 is 19.0 Å². The van der Waals surface area contributed by atoms with E-state index in [1.165, 1.54) is 6.08 Å². The fourth-order valence-corrected chi connectivity index (χ4v) is 2.37. The first-order chi connectivity index (χ1) is 13.2. The Morgan fingerprint density at radius 3 is 2.59 bits per heavy atom. The van der Waals surface area contributed by atoms with Gasteiger partial charge in [-0.1, -0.05) is 55.8 Å². The van der Waals surface area contributed by atoms with Gasteiger partial charge in [-0.05, 0) is 24.1 Å². The summed E-state index contributed by atoms with van der Waals surface area (Å²) in [4.78, 5) is 12.1. The zero-order valence-corrected chi connectivity index (χ0v) is 15.6. The highest BCUT2D eigenvalue weighted by Crippen LogP contribution is 2.33. The third-order valence-corrected chi connectivity index (χ3v) is 3.83. The van der Waals surface area contributed by atoms with Crippen LogP contribution >= 0.6 is 0 Å². The molecule has 0 heterocycles. The minimum atomic E-state index is -0.636. The average Bonchev–Trinajstić information content (AvgIpc) is 2.71. The lowest BCUT2D eigenvalue weighted by Gasteiger charge is -2.14. The molecule has 0 radical (unpaired) electrons. The highest BCUT2D eigenvalue weighted by molar-refractivity contribution is 5.98. The van der Waals surface area contributed by atoms with Gasteiger partial charge < -0.3 is 14.2 Å². The molecule has 2 aromatic rings. The Morgan fingerprint density at radius 2 is 1.93 bits per heavy atom. The predicted octanol–water partition coefficient (Wildman–Crippen LogP) is 4.52. The number of hydrogen-bond donors (Lipinski definition) is 0. The number of benzene rings is 2. The molecule has 0 N–H and O–H groups in total. The molecule has 0 atom stereocenters. The van der Waals surface area contributed by atoms with Crippen molar-refractivity contribution in [2.75, 3.05) is 13.7 Å². The van der Waals surface area contributed by atoms with Crippen molar-refractivity contribution in [1.82, 2.24) is 0 Å². The summed E-state index contributed by atoms with van der Waals surface area (Å²) >= 11 is 0. The number of ether oxygens (including phenoxy) is 3. The maximum atomic E-state index is 12.1. The summed E-state index contributed by atoms with van der Waals surface area (Å²) in [5.74, 6) is 0.358. The van der Waals surface area contributed by atoms with Gasteiger partial charge in [0.25, 0.3) is 0 Å². The van der Waals surface area contributed by atoms with Crippen molar-refractivity contribution in [1.29, 1.82) is 5.26 Å². The zero-order valence-electron chi connectivity index (χ0n) is 15.6. The molecular weight excluding hydrogens is 342 g/mol. The van der Waals surface area contributed by atoms with E-state index < -0.39 is 5.97 Å². The standard InChI is InChI=1S/C22H23NO4/c1-3-4-13-26-22(24)19(15-23)14-18-11-8-12-20(25-2)21(18)27-16-17-9-6-5-7-10-17/h5-12,14H,3-4,13,16H2,1-2H3/b19-14+. The van der Waals surface area contributed by atoms with Crippen LogP contribution in [0.25, 0.3) is 6.08 Å². The normalized spacial score (nSPS) is 10.8. The van der Waals surface area contributed by atoms with Crippen LogP contribution in [0.3, 0.4) is 0 Å². The smallest absolute Gasteiger partial charge is 0.348 e. The molecule has 0 saturated heterocycles. The highest BCUT2D eigenvalue weighted by Gasteiger charge is 2.15. The molecule has 0 aliphatic heterocycles. The summed E-state index contributed by atoms with van der Waals surface area (Å²) < 4.78 is 16.4. The van der Waals surface area contributed by atoms with Gasteiger partial charge >= 0.3 is 5.97 Å². The summed E-state index contributed by atoms with van der Waals surface area (Å²) in [6, 6.07) is 16.9. The number of methoxy groups -OCH3 is 1. The van der Waals surface area contributed by atoms with E-state index >= 15 is 0 Å². The summed E-state index contributed by atoms with van der Waals surface area (Å²) in [7, 11) is 1.54. The van der Waals surface area contributed by atoms with Crippen molar-refractivity contribution in [2.24, 2.45) is 0 Å². The molecular formula is C22H23NO4. The molecule has 2 aromatic carbocycles. The van der Waals surface area contributed by atoms with E-state index in [0.29, 0.717) is 30.3 Å². The van der Waals surface area contributed by atoms with Crippen LogP contribution in [0.1, 0.15) is 30.9 Å². The second-order valence-corrected chi connectivity index (χ2v) is 5.81. The van der Waals surface area contributed by atoms with Gasteiger partial charge in [-0.2, -0.15) is 5.26 Å². The SMILES string of the molecule is CCCCOC(=O)/C(C#N)=C/c1cccc(OC)c1OCc1ccccc1. The number of carbonyl (C=O) groups excluding carboxylic acids is 1. The fourth-order valence-electron chi connectivity index (χ4n) is 2.37. The van der Waals surface area contributed by atoms with E-state index in [9.17, 15) is 10.1 Å². The molecule has 0 spiro atoms. The quantitative estimate of drug-likeness (QED) is 0.283. The van der Waals surface area contributed by atoms with Crippen molar-refractivity contribution in [3.63, 3.8) is 0 Å². The molecule has 0 bridgehead atoms. The van der Waals surface area contributed by atoms with E-state index in [0.717, 1.165) is 18.4 Å². The van der Waals surface area contributed by atoms with Crippen LogP contribution in [-0.4, -0.2) is 19.7 Å².